The quantitative estimate of drug-likeness (QED) is 0.460. The summed E-state index contributed by atoms with van der Waals surface area (Å²) < 4.78 is 11.6. The van der Waals surface area contributed by atoms with Crippen molar-refractivity contribution in [3.63, 3.8) is 0 Å². The van der Waals surface area contributed by atoms with Gasteiger partial charge in [-0.3, -0.25) is 0 Å². The summed E-state index contributed by atoms with van der Waals surface area (Å²) in [6, 6.07) is 25.3. The molecule has 30 heavy (non-hydrogen) atoms. The summed E-state index contributed by atoms with van der Waals surface area (Å²) in [7, 11) is 0. The number of para-hydroxylation sites is 1. The van der Waals surface area contributed by atoms with Gasteiger partial charge < -0.3 is 19.5 Å². The van der Waals surface area contributed by atoms with Crippen LogP contribution in [0.3, 0.4) is 0 Å². The van der Waals surface area contributed by atoms with E-state index in [2.05, 4.69) is 18.7 Å². The lowest BCUT2D eigenvalue weighted by molar-refractivity contribution is 0.111. The van der Waals surface area contributed by atoms with Gasteiger partial charge in [0, 0.05) is 12.6 Å². The highest BCUT2D eigenvalue weighted by Crippen LogP contribution is 2.27. The highest BCUT2D eigenvalue weighted by Gasteiger charge is 2.18. The number of aliphatic hydroxyl groups is 1. The average Bonchev–Trinajstić information content (AvgIpc) is 2.76. The summed E-state index contributed by atoms with van der Waals surface area (Å²) in [6.45, 7) is 5.29. The minimum atomic E-state index is -0.655. The Labute approximate surface area is 183 Å². The van der Waals surface area contributed by atoms with Crippen molar-refractivity contribution >= 4 is 17.3 Å². The molecule has 0 bridgehead atoms. The molecule has 0 saturated heterocycles. The van der Waals surface area contributed by atoms with Crippen LogP contribution in [0.2, 0.25) is 5.02 Å². The Hall–Kier alpha value is -2.69. The summed E-state index contributed by atoms with van der Waals surface area (Å²) in [5.41, 5.74) is 2.03. The topological polar surface area (TPSA) is 41.9 Å². The molecule has 0 aliphatic heterocycles. The van der Waals surface area contributed by atoms with Crippen molar-refractivity contribution in [3.8, 4) is 11.5 Å². The van der Waals surface area contributed by atoms with E-state index in [0.717, 1.165) is 17.0 Å². The summed E-state index contributed by atoms with van der Waals surface area (Å²) >= 11 is 6.33. The highest BCUT2D eigenvalue weighted by atomic mass is 35.5. The van der Waals surface area contributed by atoms with Crippen molar-refractivity contribution < 1.29 is 14.6 Å². The number of rotatable bonds is 10. The number of hydrogen-bond acceptors (Lipinski definition) is 4. The molecule has 0 aliphatic rings. The van der Waals surface area contributed by atoms with Gasteiger partial charge in [0.05, 0.1) is 10.7 Å². The smallest absolute Gasteiger partial charge is 0.120 e. The second kappa shape index (κ2) is 10.9. The van der Waals surface area contributed by atoms with Crippen molar-refractivity contribution in [2.75, 3.05) is 18.1 Å². The standard InChI is InChI=1S/C25H28ClNO3/c1-19(2)27(25-11-7-6-10-24(25)26)16-21(28)18-30-23-14-12-22(13-15-23)29-17-20-8-4-3-5-9-20/h3-15,19,21,28H,16-18H2,1-2H3. The van der Waals surface area contributed by atoms with E-state index in [1.54, 1.807) is 0 Å². The molecule has 4 nitrogen and oxygen atoms in total. The fourth-order valence-corrected chi connectivity index (χ4v) is 3.36. The normalized spacial score (nSPS) is 11.9. The van der Waals surface area contributed by atoms with E-state index in [1.807, 2.05) is 78.9 Å². The van der Waals surface area contributed by atoms with E-state index in [9.17, 15) is 5.11 Å². The van der Waals surface area contributed by atoms with Crippen LogP contribution in [0.4, 0.5) is 5.69 Å². The van der Waals surface area contributed by atoms with E-state index in [4.69, 9.17) is 21.1 Å². The number of nitrogens with zero attached hydrogens (tertiary/aromatic N) is 1. The van der Waals surface area contributed by atoms with Gasteiger partial charge in [-0.05, 0) is 55.8 Å². The second-order valence-electron chi connectivity index (χ2n) is 7.41. The van der Waals surface area contributed by atoms with Crippen molar-refractivity contribution in [3.05, 3.63) is 89.4 Å². The van der Waals surface area contributed by atoms with E-state index in [-0.39, 0.29) is 12.6 Å². The van der Waals surface area contributed by atoms with Gasteiger partial charge in [-0.15, -0.1) is 0 Å². The van der Waals surface area contributed by atoms with Crippen molar-refractivity contribution in [1.82, 2.24) is 0 Å². The van der Waals surface area contributed by atoms with Crippen LogP contribution in [-0.2, 0) is 6.61 Å². The SMILES string of the molecule is CC(C)N(CC(O)COc1ccc(OCc2ccccc2)cc1)c1ccccc1Cl. The molecule has 0 aliphatic carbocycles. The van der Waals surface area contributed by atoms with Gasteiger partial charge in [-0.2, -0.15) is 0 Å². The Morgan fingerprint density at radius 1 is 0.833 bits per heavy atom. The van der Waals surface area contributed by atoms with Crippen molar-refractivity contribution in [2.24, 2.45) is 0 Å². The minimum Gasteiger partial charge on any atom is -0.491 e. The number of anilines is 1. The van der Waals surface area contributed by atoms with Gasteiger partial charge in [0.25, 0.3) is 0 Å². The Morgan fingerprint density at radius 3 is 2.07 bits per heavy atom. The Bertz CT molecular complexity index is 900. The number of aliphatic hydroxyl groups excluding tert-OH is 1. The second-order valence-corrected chi connectivity index (χ2v) is 7.82. The highest BCUT2D eigenvalue weighted by molar-refractivity contribution is 6.33. The maximum atomic E-state index is 10.5. The fourth-order valence-electron chi connectivity index (χ4n) is 3.12. The maximum Gasteiger partial charge on any atom is 0.120 e. The molecule has 3 aromatic rings. The number of halogens is 1. The first kappa shape index (κ1) is 22.0. The molecule has 1 N–H and O–H groups in total. The summed E-state index contributed by atoms with van der Waals surface area (Å²) in [6.07, 6.45) is -0.655. The monoisotopic (exact) mass is 425 g/mol. The first-order chi connectivity index (χ1) is 14.5. The third kappa shape index (κ3) is 6.41. The van der Waals surface area contributed by atoms with Gasteiger partial charge in [-0.1, -0.05) is 54.1 Å². The summed E-state index contributed by atoms with van der Waals surface area (Å²) in [4.78, 5) is 2.08. The largest absolute Gasteiger partial charge is 0.491 e. The van der Waals surface area contributed by atoms with E-state index in [1.165, 1.54) is 0 Å². The molecule has 0 saturated carbocycles. The zero-order chi connectivity index (χ0) is 21.3. The first-order valence-corrected chi connectivity index (χ1v) is 10.5. The molecule has 0 heterocycles. The van der Waals surface area contributed by atoms with Crippen LogP contribution in [0.1, 0.15) is 19.4 Å². The zero-order valence-electron chi connectivity index (χ0n) is 17.4. The van der Waals surface area contributed by atoms with Crippen molar-refractivity contribution in [2.45, 2.75) is 32.6 Å². The van der Waals surface area contributed by atoms with Crippen LogP contribution in [0.5, 0.6) is 11.5 Å². The van der Waals surface area contributed by atoms with Gasteiger partial charge in [0.15, 0.2) is 0 Å². The summed E-state index contributed by atoms with van der Waals surface area (Å²) in [5, 5.41) is 11.2. The molecule has 158 valence electrons. The Morgan fingerprint density at radius 2 is 1.43 bits per heavy atom. The number of ether oxygens (including phenoxy) is 2. The molecule has 0 spiro atoms. The fraction of sp³-hybridized carbons (Fsp3) is 0.280. The molecule has 3 rings (SSSR count). The van der Waals surface area contributed by atoms with Crippen LogP contribution in [0.25, 0.3) is 0 Å². The third-order valence-electron chi connectivity index (χ3n) is 4.71. The lowest BCUT2D eigenvalue weighted by Gasteiger charge is -2.31. The van der Waals surface area contributed by atoms with E-state index < -0.39 is 6.10 Å². The molecule has 1 atom stereocenters. The molecule has 0 radical (unpaired) electrons. The Balaban J connectivity index is 1.50. The molecular formula is C25H28ClNO3. The van der Waals surface area contributed by atoms with Gasteiger partial charge in [0.2, 0.25) is 0 Å². The molecule has 0 amide bonds. The molecular weight excluding hydrogens is 398 g/mol. The molecule has 3 aromatic carbocycles. The molecule has 0 aromatic heterocycles. The van der Waals surface area contributed by atoms with Crippen LogP contribution < -0.4 is 14.4 Å². The third-order valence-corrected chi connectivity index (χ3v) is 5.03. The van der Waals surface area contributed by atoms with Crippen molar-refractivity contribution in [1.29, 1.82) is 0 Å². The first-order valence-electron chi connectivity index (χ1n) is 10.1. The van der Waals surface area contributed by atoms with Gasteiger partial charge in [-0.25, -0.2) is 0 Å². The maximum absolute atomic E-state index is 10.5. The van der Waals surface area contributed by atoms with Gasteiger partial charge >= 0.3 is 0 Å². The van der Waals surface area contributed by atoms with Crippen LogP contribution >= 0.6 is 11.6 Å². The van der Waals surface area contributed by atoms with Gasteiger partial charge in [0.1, 0.15) is 30.8 Å². The molecule has 5 heteroatoms. The average molecular weight is 426 g/mol. The minimum absolute atomic E-state index is 0.192. The van der Waals surface area contributed by atoms with Crippen LogP contribution in [0, 0.1) is 0 Å². The predicted octanol–water partition coefficient (Wildman–Crippen LogP) is 5.57. The lowest BCUT2D eigenvalue weighted by atomic mass is 10.2. The van der Waals surface area contributed by atoms with Crippen LogP contribution in [-0.4, -0.2) is 30.4 Å². The predicted molar refractivity (Wildman–Crippen MR) is 123 cm³/mol. The Kier molecular flexibility index (Phi) is 8.00. The zero-order valence-corrected chi connectivity index (χ0v) is 18.1. The van der Waals surface area contributed by atoms with E-state index >= 15 is 0 Å². The lowest BCUT2D eigenvalue weighted by Crippen LogP contribution is -2.40. The number of hydrogen-bond donors (Lipinski definition) is 1. The van der Waals surface area contributed by atoms with Crippen LogP contribution in [0.15, 0.2) is 78.9 Å². The number of benzene rings is 3. The molecule has 1 unspecified atom stereocenters. The summed E-state index contributed by atoms with van der Waals surface area (Å²) in [5.74, 6) is 1.46. The van der Waals surface area contributed by atoms with E-state index in [0.29, 0.717) is 23.9 Å². The molecule has 0 fully saturated rings.